The van der Waals surface area contributed by atoms with Gasteiger partial charge in [-0.25, -0.2) is 0 Å². The molecule has 98 valence electrons. The Morgan fingerprint density at radius 3 is 2.94 bits per heavy atom. The third-order valence-corrected chi connectivity index (χ3v) is 4.39. The minimum atomic E-state index is 0.644. The van der Waals surface area contributed by atoms with Gasteiger partial charge in [-0.1, -0.05) is 31.2 Å². The van der Waals surface area contributed by atoms with Gasteiger partial charge in [0.1, 0.15) is 0 Å². The average Bonchev–Trinajstić information content (AvgIpc) is 2.39. The Balaban J connectivity index is 1.59. The van der Waals surface area contributed by atoms with Crippen molar-refractivity contribution in [2.75, 3.05) is 19.6 Å². The number of likely N-dealkylation sites (tertiary alicyclic amines) is 1. The second kappa shape index (κ2) is 5.41. The molecule has 0 saturated carbocycles. The van der Waals surface area contributed by atoms with Gasteiger partial charge in [0.25, 0.3) is 0 Å². The maximum Gasteiger partial charge on any atom is 0.0238 e. The Hall–Kier alpha value is -0.860. The summed E-state index contributed by atoms with van der Waals surface area (Å²) in [6, 6.07) is 9.51. The molecule has 1 aromatic rings. The molecule has 0 aliphatic carbocycles. The van der Waals surface area contributed by atoms with Crippen molar-refractivity contribution in [3.63, 3.8) is 0 Å². The van der Waals surface area contributed by atoms with Crippen LogP contribution in [0.2, 0.25) is 0 Å². The molecule has 0 spiro atoms. The molecule has 0 bridgehead atoms. The Morgan fingerprint density at radius 1 is 1.28 bits per heavy atom. The van der Waals surface area contributed by atoms with E-state index in [-0.39, 0.29) is 0 Å². The van der Waals surface area contributed by atoms with Gasteiger partial charge in [0.05, 0.1) is 0 Å². The minimum absolute atomic E-state index is 0.644. The van der Waals surface area contributed by atoms with E-state index >= 15 is 0 Å². The molecule has 2 heteroatoms. The molecule has 3 rings (SSSR count). The van der Waals surface area contributed by atoms with Crippen molar-refractivity contribution in [2.24, 2.45) is 5.92 Å². The van der Waals surface area contributed by atoms with Crippen LogP contribution in [-0.4, -0.2) is 30.6 Å². The monoisotopic (exact) mass is 244 g/mol. The van der Waals surface area contributed by atoms with Crippen LogP contribution >= 0.6 is 0 Å². The maximum atomic E-state index is 3.70. The van der Waals surface area contributed by atoms with Crippen molar-refractivity contribution in [3.8, 4) is 0 Å². The number of fused-ring (bicyclic) bond motifs is 1. The number of hydrogen-bond donors (Lipinski definition) is 1. The fourth-order valence-electron chi connectivity index (χ4n) is 3.41. The van der Waals surface area contributed by atoms with E-state index in [1.165, 1.54) is 44.5 Å². The zero-order valence-electron chi connectivity index (χ0n) is 11.4. The first-order valence-electron chi connectivity index (χ1n) is 7.34. The van der Waals surface area contributed by atoms with Crippen molar-refractivity contribution in [3.05, 3.63) is 35.4 Å². The van der Waals surface area contributed by atoms with Crippen molar-refractivity contribution in [1.82, 2.24) is 10.2 Å². The zero-order valence-corrected chi connectivity index (χ0v) is 11.4. The highest BCUT2D eigenvalue weighted by atomic mass is 15.2. The second-order valence-electron chi connectivity index (χ2n) is 6.06. The van der Waals surface area contributed by atoms with E-state index < -0.39 is 0 Å². The number of nitrogens with zero attached hydrogens (tertiary/aromatic N) is 1. The van der Waals surface area contributed by atoms with Gasteiger partial charge in [0, 0.05) is 25.7 Å². The van der Waals surface area contributed by atoms with Crippen molar-refractivity contribution < 1.29 is 0 Å². The highest BCUT2D eigenvalue weighted by molar-refractivity contribution is 5.29. The van der Waals surface area contributed by atoms with Gasteiger partial charge in [0.2, 0.25) is 0 Å². The molecule has 18 heavy (non-hydrogen) atoms. The van der Waals surface area contributed by atoms with Gasteiger partial charge in [-0.15, -0.1) is 0 Å². The molecule has 2 aliphatic rings. The van der Waals surface area contributed by atoms with E-state index in [1.54, 1.807) is 5.56 Å². The molecule has 1 fully saturated rings. The van der Waals surface area contributed by atoms with Crippen molar-refractivity contribution in [1.29, 1.82) is 0 Å². The summed E-state index contributed by atoms with van der Waals surface area (Å²) in [6.07, 6.45) is 3.99. The SMILES string of the molecule is C[C@@H]1CCCN(C[C@@H]2Cc3ccccc3CN2)C1. The molecular weight excluding hydrogens is 220 g/mol. The lowest BCUT2D eigenvalue weighted by Gasteiger charge is -2.35. The first-order chi connectivity index (χ1) is 8.81. The quantitative estimate of drug-likeness (QED) is 0.859. The lowest BCUT2D eigenvalue weighted by molar-refractivity contribution is 0.164. The van der Waals surface area contributed by atoms with Crippen molar-refractivity contribution >= 4 is 0 Å². The van der Waals surface area contributed by atoms with Crippen LogP contribution in [0.25, 0.3) is 0 Å². The van der Waals surface area contributed by atoms with Crippen molar-refractivity contribution in [2.45, 2.75) is 38.8 Å². The Morgan fingerprint density at radius 2 is 2.11 bits per heavy atom. The predicted octanol–water partition coefficient (Wildman–Crippen LogP) is 2.43. The zero-order chi connectivity index (χ0) is 12.4. The molecular formula is C16H24N2. The fraction of sp³-hybridized carbons (Fsp3) is 0.625. The normalized spacial score (nSPS) is 28.9. The van der Waals surface area contributed by atoms with Crippen LogP contribution in [0.15, 0.2) is 24.3 Å². The predicted molar refractivity (Wildman–Crippen MR) is 75.6 cm³/mol. The summed E-state index contributed by atoms with van der Waals surface area (Å²) in [5, 5.41) is 3.70. The number of hydrogen-bond acceptors (Lipinski definition) is 2. The molecule has 1 N–H and O–H groups in total. The van der Waals surface area contributed by atoms with E-state index in [4.69, 9.17) is 0 Å². The van der Waals surface area contributed by atoms with Gasteiger partial charge in [-0.2, -0.15) is 0 Å². The van der Waals surface area contributed by atoms with E-state index in [0.29, 0.717) is 6.04 Å². The number of nitrogens with one attached hydrogen (secondary N) is 1. The number of rotatable bonds is 2. The van der Waals surface area contributed by atoms with Crippen LogP contribution in [0.3, 0.4) is 0 Å². The highest BCUT2D eigenvalue weighted by Gasteiger charge is 2.22. The first kappa shape index (κ1) is 12.2. The topological polar surface area (TPSA) is 15.3 Å². The first-order valence-corrected chi connectivity index (χ1v) is 7.34. The molecule has 1 aromatic carbocycles. The Bertz CT molecular complexity index is 402. The summed E-state index contributed by atoms with van der Waals surface area (Å²) < 4.78 is 0. The molecule has 2 nitrogen and oxygen atoms in total. The van der Waals surface area contributed by atoms with Gasteiger partial charge >= 0.3 is 0 Å². The van der Waals surface area contributed by atoms with Gasteiger partial charge in [0.15, 0.2) is 0 Å². The van der Waals surface area contributed by atoms with Crippen LogP contribution in [0.1, 0.15) is 30.9 Å². The van der Waals surface area contributed by atoms with Gasteiger partial charge < -0.3 is 10.2 Å². The standard InChI is InChI=1S/C16H24N2/c1-13-5-4-8-18(11-13)12-16-9-14-6-2-3-7-15(14)10-17-16/h2-3,6-7,13,16-17H,4-5,8-12H2,1H3/t13-,16+/m1/s1. The van der Waals surface area contributed by atoms with Gasteiger partial charge in [-0.3, -0.25) is 0 Å². The third-order valence-electron chi connectivity index (χ3n) is 4.39. The molecule has 0 unspecified atom stereocenters. The third kappa shape index (κ3) is 2.76. The fourth-order valence-corrected chi connectivity index (χ4v) is 3.41. The van der Waals surface area contributed by atoms with E-state index in [2.05, 4.69) is 41.4 Å². The Kier molecular flexibility index (Phi) is 3.67. The maximum absolute atomic E-state index is 3.70. The van der Waals surface area contributed by atoms with Crippen LogP contribution in [0.5, 0.6) is 0 Å². The average molecular weight is 244 g/mol. The number of benzene rings is 1. The second-order valence-corrected chi connectivity index (χ2v) is 6.06. The van der Waals surface area contributed by atoms with Crippen LogP contribution in [0, 0.1) is 5.92 Å². The molecule has 0 aromatic heterocycles. The van der Waals surface area contributed by atoms with Gasteiger partial charge in [-0.05, 0) is 42.9 Å². The number of piperidine rings is 1. The molecule has 2 heterocycles. The molecule has 2 atom stereocenters. The summed E-state index contributed by atoms with van der Waals surface area (Å²) in [5.74, 6) is 0.884. The summed E-state index contributed by atoms with van der Waals surface area (Å²) in [5.41, 5.74) is 3.03. The summed E-state index contributed by atoms with van der Waals surface area (Å²) >= 11 is 0. The summed E-state index contributed by atoms with van der Waals surface area (Å²) in [7, 11) is 0. The van der Waals surface area contributed by atoms with E-state index in [9.17, 15) is 0 Å². The molecule has 1 saturated heterocycles. The van der Waals surface area contributed by atoms with E-state index in [1.807, 2.05) is 0 Å². The largest absolute Gasteiger partial charge is 0.308 e. The summed E-state index contributed by atoms with van der Waals surface area (Å²) in [4.78, 5) is 2.65. The van der Waals surface area contributed by atoms with Crippen LogP contribution < -0.4 is 5.32 Å². The summed E-state index contributed by atoms with van der Waals surface area (Å²) in [6.45, 7) is 7.24. The smallest absolute Gasteiger partial charge is 0.0238 e. The molecule has 2 aliphatic heterocycles. The lowest BCUT2D eigenvalue weighted by Crippen LogP contribution is -2.47. The Labute approximate surface area is 110 Å². The van der Waals surface area contributed by atoms with Crippen LogP contribution in [-0.2, 0) is 13.0 Å². The minimum Gasteiger partial charge on any atom is -0.308 e. The molecule has 0 radical (unpaired) electrons. The highest BCUT2D eigenvalue weighted by Crippen LogP contribution is 2.19. The lowest BCUT2D eigenvalue weighted by atomic mass is 9.94. The van der Waals surface area contributed by atoms with E-state index in [0.717, 1.165) is 12.5 Å². The molecule has 0 amide bonds. The van der Waals surface area contributed by atoms with Crippen LogP contribution in [0.4, 0.5) is 0 Å².